The molecule has 0 amide bonds. The zero-order valence-corrected chi connectivity index (χ0v) is 10.6. The van der Waals surface area contributed by atoms with Gasteiger partial charge in [0.1, 0.15) is 0 Å². The first-order chi connectivity index (χ1) is 8.20. The van der Waals surface area contributed by atoms with Crippen LogP contribution in [0, 0.1) is 12.8 Å². The highest BCUT2D eigenvalue weighted by atomic mass is 16.5. The van der Waals surface area contributed by atoms with Gasteiger partial charge in [0.05, 0.1) is 12.2 Å². The zero-order valence-electron chi connectivity index (χ0n) is 10.6. The average Bonchev–Trinajstić information content (AvgIpc) is 2.80. The smallest absolute Gasteiger partial charge is 0.0649 e. The predicted molar refractivity (Wildman–Crippen MR) is 66.8 cm³/mol. The molecule has 3 unspecified atom stereocenters. The molecule has 1 N–H and O–H groups in total. The van der Waals surface area contributed by atoms with Crippen molar-refractivity contribution in [2.45, 2.75) is 45.3 Å². The van der Waals surface area contributed by atoms with Crippen molar-refractivity contribution in [3.63, 3.8) is 0 Å². The quantitative estimate of drug-likeness (QED) is 0.869. The molecule has 1 fully saturated rings. The molecular formula is C14H21NO2. The van der Waals surface area contributed by atoms with Crippen LogP contribution in [-0.2, 0) is 11.2 Å². The van der Waals surface area contributed by atoms with E-state index in [1.54, 1.807) is 0 Å². The largest absolute Gasteiger partial charge is 0.392 e. The molecule has 2 heterocycles. The Bertz CT molecular complexity index is 350. The van der Waals surface area contributed by atoms with Crippen LogP contribution in [0.2, 0.25) is 0 Å². The Morgan fingerprint density at radius 1 is 1.53 bits per heavy atom. The molecule has 1 saturated heterocycles. The van der Waals surface area contributed by atoms with Gasteiger partial charge < -0.3 is 9.84 Å². The van der Waals surface area contributed by atoms with E-state index in [2.05, 4.69) is 11.9 Å². The van der Waals surface area contributed by atoms with Crippen LogP contribution >= 0.6 is 0 Å². The molecule has 0 saturated carbocycles. The van der Waals surface area contributed by atoms with Crippen LogP contribution in [0.3, 0.4) is 0 Å². The fraction of sp³-hybridized carbons (Fsp3) is 0.643. The van der Waals surface area contributed by atoms with E-state index in [9.17, 15) is 5.11 Å². The molecule has 1 aromatic heterocycles. The molecule has 1 aromatic rings. The van der Waals surface area contributed by atoms with Crippen LogP contribution < -0.4 is 0 Å². The van der Waals surface area contributed by atoms with Gasteiger partial charge >= 0.3 is 0 Å². The molecule has 0 aromatic carbocycles. The summed E-state index contributed by atoms with van der Waals surface area (Å²) < 4.78 is 5.61. The number of nitrogens with zero attached hydrogens (tertiary/aromatic N) is 1. The van der Waals surface area contributed by atoms with Crippen LogP contribution in [0.1, 0.15) is 31.0 Å². The van der Waals surface area contributed by atoms with Gasteiger partial charge in [-0.25, -0.2) is 0 Å². The monoisotopic (exact) mass is 235 g/mol. The number of aliphatic hydroxyl groups excluding tert-OH is 1. The molecule has 2 rings (SSSR count). The van der Waals surface area contributed by atoms with Gasteiger partial charge in [-0.15, -0.1) is 0 Å². The Hall–Kier alpha value is -0.930. The minimum Gasteiger partial charge on any atom is -0.392 e. The molecule has 94 valence electrons. The highest BCUT2D eigenvalue weighted by molar-refractivity contribution is 5.13. The Morgan fingerprint density at radius 3 is 3.00 bits per heavy atom. The molecule has 3 atom stereocenters. The molecule has 17 heavy (non-hydrogen) atoms. The summed E-state index contributed by atoms with van der Waals surface area (Å²) >= 11 is 0. The second kappa shape index (κ2) is 5.61. The SMILES string of the molecule is CCC1OCCC1C(O)Cc1ccc(C)cn1. The maximum Gasteiger partial charge on any atom is 0.0649 e. The van der Waals surface area contributed by atoms with Gasteiger partial charge in [0.2, 0.25) is 0 Å². The Morgan fingerprint density at radius 2 is 2.35 bits per heavy atom. The number of hydrogen-bond acceptors (Lipinski definition) is 3. The van der Waals surface area contributed by atoms with Gasteiger partial charge in [0, 0.05) is 30.8 Å². The summed E-state index contributed by atoms with van der Waals surface area (Å²) in [5.74, 6) is 0.267. The van der Waals surface area contributed by atoms with Crippen molar-refractivity contribution in [3.05, 3.63) is 29.6 Å². The summed E-state index contributed by atoms with van der Waals surface area (Å²) in [6.07, 6.45) is 4.30. The first-order valence-corrected chi connectivity index (χ1v) is 6.42. The lowest BCUT2D eigenvalue weighted by Crippen LogP contribution is -2.29. The molecule has 0 aliphatic carbocycles. The van der Waals surface area contributed by atoms with E-state index in [0.717, 1.165) is 30.7 Å². The summed E-state index contributed by atoms with van der Waals surface area (Å²) in [6.45, 7) is 4.91. The van der Waals surface area contributed by atoms with E-state index in [4.69, 9.17) is 4.74 Å². The average molecular weight is 235 g/mol. The van der Waals surface area contributed by atoms with Crippen LogP contribution in [0.4, 0.5) is 0 Å². The van der Waals surface area contributed by atoms with Crippen molar-refractivity contribution in [2.75, 3.05) is 6.61 Å². The topological polar surface area (TPSA) is 42.4 Å². The Labute approximate surface area is 103 Å². The van der Waals surface area contributed by atoms with E-state index < -0.39 is 0 Å². The molecule has 1 aliphatic heterocycles. The molecule has 0 bridgehead atoms. The van der Waals surface area contributed by atoms with Crippen molar-refractivity contribution >= 4 is 0 Å². The normalized spacial score (nSPS) is 26.1. The van der Waals surface area contributed by atoms with Crippen LogP contribution in [-0.4, -0.2) is 28.9 Å². The van der Waals surface area contributed by atoms with Gasteiger partial charge in [-0.05, 0) is 31.4 Å². The molecule has 0 radical (unpaired) electrons. The highest BCUT2D eigenvalue weighted by Gasteiger charge is 2.32. The third-order valence-corrected chi connectivity index (χ3v) is 3.55. The van der Waals surface area contributed by atoms with E-state index >= 15 is 0 Å². The first kappa shape index (κ1) is 12.5. The van der Waals surface area contributed by atoms with Gasteiger partial charge in [-0.3, -0.25) is 4.98 Å². The van der Waals surface area contributed by atoms with E-state index in [1.165, 1.54) is 0 Å². The minimum atomic E-state index is -0.336. The Kier molecular flexibility index (Phi) is 4.13. The number of aryl methyl sites for hydroxylation is 1. The van der Waals surface area contributed by atoms with Crippen molar-refractivity contribution < 1.29 is 9.84 Å². The summed E-state index contributed by atoms with van der Waals surface area (Å²) in [6, 6.07) is 4.03. The van der Waals surface area contributed by atoms with Crippen molar-refractivity contribution in [2.24, 2.45) is 5.92 Å². The molecule has 3 nitrogen and oxygen atoms in total. The zero-order chi connectivity index (χ0) is 12.3. The van der Waals surface area contributed by atoms with Gasteiger partial charge in [-0.1, -0.05) is 13.0 Å². The van der Waals surface area contributed by atoms with E-state index in [-0.39, 0.29) is 18.1 Å². The minimum absolute atomic E-state index is 0.218. The van der Waals surface area contributed by atoms with Crippen molar-refractivity contribution in [1.82, 2.24) is 4.98 Å². The second-order valence-corrected chi connectivity index (χ2v) is 4.87. The Balaban J connectivity index is 1.96. The van der Waals surface area contributed by atoms with Gasteiger partial charge in [0.25, 0.3) is 0 Å². The fourth-order valence-electron chi connectivity index (χ4n) is 2.51. The third kappa shape index (κ3) is 3.05. The van der Waals surface area contributed by atoms with E-state index in [0.29, 0.717) is 6.42 Å². The van der Waals surface area contributed by atoms with Crippen molar-refractivity contribution in [3.8, 4) is 0 Å². The lowest BCUT2D eigenvalue weighted by molar-refractivity contribution is 0.0314. The lowest BCUT2D eigenvalue weighted by Gasteiger charge is -2.22. The first-order valence-electron chi connectivity index (χ1n) is 6.42. The molecule has 1 aliphatic rings. The van der Waals surface area contributed by atoms with E-state index in [1.807, 2.05) is 25.3 Å². The summed E-state index contributed by atoms with van der Waals surface area (Å²) in [5, 5.41) is 10.3. The van der Waals surface area contributed by atoms with Crippen molar-refractivity contribution in [1.29, 1.82) is 0 Å². The fourth-order valence-corrected chi connectivity index (χ4v) is 2.51. The number of ether oxygens (including phenoxy) is 1. The third-order valence-electron chi connectivity index (χ3n) is 3.55. The van der Waals surface area contributed by atoms with Crippen LogP contribution in [0.5, 0.6) is 0 Å². The lowest BCUT2D eigenvalue weighted by atomic mass is 9.90. The maximum atomic E-state index is 10.3. The van der Waals surface area contributed by atoms with Crippen LogP contribution in [0.25, 0.3) is 0 Å². The number of hydrogen-bond donors (Lipinski definition) is 1. The standard InChI is InChI=1S/C14H21NO2/c1-3-14-12(6-7-17-14)13(16)8-11-5-4-10(2)9-15-11/h4-5,9,12-14,16H,3,6-8H2,1-2H3. The number of pyridine rings is 1. The molecule has 0 spiro atoms. The number of aliphatic hydroxyl groups is 1. The second-order valence-electron chi connectivity index (χ2n) is 4.87. The molecule has 3 heteroatoms. The maximum absolute atomic E-state index is 10.3. The van der Waals surface area contributed by atoms with Gasteiger partial charge in [-0.2, -0.15) is 0 Å². The van der Waals surface area contributed by atoms with Gasteiger partial charge in [0.15, 0.2) is 0 Å². The number of rotatable bonds is 4. The summed E-state index contributed by atoms with van der Waals surface area (Å²) in [4.78, 5) is 4.34. The highest BCUT2D eigenvalue weighted by Crippen LogP contribution is 2.27. The predicted octanol–water partition coefficient (Wildman–Crippen LogP) is 2.11. The molecular weight excluding hydrogens is 214 g/mol. The summed E-state index contributed by atoms with van der Waals surface area (Å²) in [5.41, 5.74) is 2.11. The van der Waals surface area contributed by atoms with Crippen LogP contribution in [0.15, 0.2) is 18.3 Å². The summed E-state index contributed by atoms with van der Waals surface area (Å²) in [7, 11) is 0. The number of aromatic nitrogens is 1.